The van der Waals surface area contributed by atoms with Gasteiger partial charge in [-0.15, -0.1) is 20.5 Å². The SMILES string of the molecule is O=S(=O)(O)c1ccc(N=Nc2c(S(=O)(=O)O)cc3cc(S(=O)(=O)O)c(N=Nc4ccc(S(=O)(=O)O)cc4O)c(O)c3c2O)c(O)c1. The molecule has 0 unspecified atom stereocenters. The van der Waals surface area contributed by atoms with Gasteiger partial charge in [-0.25, -0.2) is 0 Å². The number of hydrogen-bond acceptors (Lipinski definition) is 16. The molecule has 0 atom stereocenters. The zero-order valence-electron chi connectivity index (χ0n) is 21.9. The third kappa shape index (κ3) is 6.87. The molecule has 0 aliphatic carbocycles. The molecule has 0 saturated heterocycles. The molecule has 0 radical (unpaired) electrons. The largest absolute Gasteiger partial charge is 0.506 e. The molecule has 0 bridgehead atoms. The average Bonchev–Trinajstić information content (AvgIpc) is 2.90. The Morgan fingerprint density at radius 1 is 0.457 bits per heavy atom. The van der Waals surface area contributed by atoms with Gasteiger partial charge in [0.1, 0.15) is 44.0 Å². The lowest BCUT2D eigenvalue weighted by Crippen LogP contribution is -2.01. The van der Waals surface area contributed by atoms with Crippen LogP contribution >= 0.6 is 0 Å². The summed E-state index contributed by atoms with van der Waals surface area (Å²) in [4.78, 5) is -4.01. The van der Waals surface area contributed by atoms with Gasteiger partial charge >= 0.3 is 0 Å². The van der Waals surface area contributed by atoms with Crippen molar-refractivity contribution in [1.29, 1.82) is 0 Å². The number of hydrogen-bond donors (Lipinski definition) is 8. The summed E-state index contributed by atoms with van der Waals surface area (Å²) in [7, 11) is -20.2. The summed E-state index contributed by atoms with van der Waals surface area (Å²) in [5.74, 6) is -4.44. The van der Waals surface area contributed by atoms with Gasteiger partial charge in [0, 0.05) is 12.1 Å². The quantitative estimate of drug-likeness (QED) is 0.0953. The van der Waals surface area contributed by atoms with Crippen molar-refractivity contribution in [3.05, 3.63) is 48.5 Å². The third-order valence-electron chi connectivity index (χ3n) is 5.81. The fourth-order valence-corrected chi connectivity index (χ4v) is 6.07. The van der Waals surface area contributed by atoms with Gasteiger partial charge in [0.2, 0.25) is 0 Å². The van der Waals surface area contributed by atoms with Crippen LogP contribution in [0.2, 0.25) is 0 Å². The minimum absolute atomic E-state index is 0.495. The minimum atomic E-state index is -5.34. The number of benzene rings is 4. The molecule has 0 saturated carbocycles. The smallest absolute Gasteiger partial charge is 0.296 e. The van der Waals surface area contributed by atoms with Crippen LogP contribution in [-0.4, -0.2) is 72.3 Å². The van der Waals surface area contributed by atoms with Crippen LogP contribution in [-0.2, 0) is 40.5 Å². The first kappa shape index (κ1) is 34.1. The molecule has 244 valence electrons. The number of phenols is 4. The molecule has 0 aromatic heterocycles. The van der Waals surface area contributed by atoms with Gasteiger partial charge in [0.15, 0.2) is 11.5 Å². The summed E-state index contributed by atoms with van der Waals surface area (Å²) in [5, 5.41) is 54.4. The summed E-state index contributed by atoms with van der Waals surface area (Å²) in [5.41, 5.74) is -3.36. The monoisotopic (exact) mass is 720 g/mol. The summed E-state index contributed by atoms with van der Waals surface area (Å²) in [6, 6.07) is 5.22. The Bertz CT molecular complexity index is 2290. The Kier molecular flexibility index (Phi) is 8.53. The number of nitrogens with zero attached hydrogens (tertiary/aromatic N) is 4. The molecule has 0 aliphatic heterocycles. The Hall–Kier alpha value is -4.82. The number of aromatic hydroxyl groups is 4. The summed E-state index contributed by atoms with van der Waals surface area (Å²) >= 11 is 0. The highest BCUT2D eigenvalue weighted by atomic mass is 32.2. The van der Waals surface area contributed by atoms with E-state index in [2.05, 4.69) is 20.5 Å². The predicted molar refractivity (Wildman–Crippen MR) is 151 cm³/mol. The van der Waals surface area contributed by atoms with Crippen LogP contribution < -0.4 is 0 Å². The number of azo groups is 2. The van der Waals surface area contributed by atoms with Crippen LogP contribution in [0.25, 0.3) is 10.8 Å². The molecule has 0 amide bonds. The van der Waals surface area contributed by atoms with Gasteiger partial charge in [-0.2, -0.15) is 33.7 Å². The van der Waals surface area contributed by atoms with Crippen molar-refractivity contribution in [3.63, 3.8) is 0 Å². The second-order valence-corrected chi connectivity index (χ2v) is 14.5. The molecule has 4 rings (SSSR count). The molecule has 20 nitrogen and oxygen atoms in total. The van der Waals surface area contributed by atoms with Crippen LogP contribution in [0.4, 0.5) is 22.7 Å². The van der Waals surface area contributed by atoms with Crippen LogP contribution in [0, 0.1) is 0 Å². The van der Waals surface area contributed by atoms with Crippen molar-refractivity contribution in [2.24, 2.45) is 20.5 Å². The second kappa shape index (κ2) is 11.5. The molecule has 4 aromatic rings. The van der Waals surface area contributed by atoms with Crippen LogP contribution in [0.3, 0.4) is 0 Å². The van der Waals surface area contributed by atoms with Crippen molar-refractivity contribution in [3.8, 4) is 23.0 Å². The molecule has 24 heteroatoms. The summed E-state index contributed by atoms with van der Waals surface area (Å²) < 4.78 is 131. The molecule has 46 heavy (non-hydrogen) atoms. The fourth-order valence-electron chi connectivity index (χ4n) is 3.75. The summed E-state index contributed by atoms with van der Waals surface area (Å²) in [6.45, 7) is 0. The Morgan fingerprint density at radius 3 is 1.09 bits per heavy atom. The van der Waals surface area contributed by atoms with Gasteiger partial charge in [0.25, 0.3) is 40.5 Å². The first-order valence-electron chi connectivity index (χ1n) is 11.4. The highest BCUT2D eigenvalue weighted by Crippen LogP contribution is 2.50. The second-order valence-electron chi connectivity index (χ2n) is 8.84. The van der Waals surface area contributed by atoms with Crippen molar-refractivity contribution in [2.75, 3.05) is 0 Å². The van der Waals surface area contributed by atoms with E-state index in [4.69, 9.17) is 9.11 Å². The highest BCUT2D eigenvalue weighted by Gasteiger charge is 2.29. The van der Waals surface area contributed by atoms with E-state index >= 15 is 0 Å². The maximum absolute atomic E-state index is 12.2. The van der Waals surface area contributed by atoms with E-state index in [0.717, 1.165) is 24.3 Å². The normalized spacial score (nSPS) is 13.2. The zero-order chi connectivity index (χ0) is 34.6. The predicted octanol–water partition coefficient (Wildman–Crippen LogP) is 3.48. The number of rotatable bonds is 8. The first-order valence-corrected chi connectivity index (χ1v) is 17.2. The van der Waals surface area contributed by atoms with Gasteiger partial charge in [-0.3, -0.25) is 18.2 Å². The molecule has 0 heterocycles. The van der Waals surface area contributed by atoms with Crippen molar-refractivity contribution >= 4 is 74.0 Å². The fraction of sp³-hybridized carbons (Fsp3) is 0. The maximum Gasteiger partial charge on any atom is 0.296 e. The lowest BCUT2D eigenvalue weighted by atomic mass is 10.1. The van der Waals surface area contributed by atoms with E-state index < -0.39 is 117 Å². The first-order chi connectivity index (χ1) is 21.0. The standard InChI is InChI=1S/C22H16N4O16S4/c27-14-7-10(43(31,32)33)1-3-12(14)23-25-19-16(45(37,38)39)5-9-6-17(46(40,41)42)20(22(30)18(9)21(19)29)26-24-13-4-2-11(8-15(13)28)44(34,35)36/h1-8,27-30H,(H,31,32,33)(H,34,35,36)(H,37,38,39)(H,40,41,42). The maximum atomic E-state index is 12.2. The number of fused-ring (bicyclic) bond motifs is 1. The van der Waals surface area contributed by atoms with Gasteiger partial charge in [-0.05, 0) is 41.8 Å². The Balaban J connectivity index is 1.99. The van der Waals surface area contributed by atoms with E-state index in [1.807, 2.05) is 0 Å². The molecule has 0 fully saturated rings. The van der Waals surface area contributed by atoms with Crippen molar-refractivity contribution in [1.82, 2.24) is 0 Å². The lowest BCUT2D eigenvalue weighted by molar-refractivity contribution is 0.457. The average molecular weight is 721 g/mol. The minimum Gasteiger partial charge on any atom is -0.506 e. The van der Waals surface area contributed by atoms with E-state index in [-0.39, 0.29) is 0 Å². The summed E-state index contributed by atoms with van der Waals surface area (Å²) in [6.07, 6.45) is 0. The van der Waals surface area contributed by atoms with Crippen molar-refractivity contribution in [2.45, 2.75) is 19.6 Å². The van der Waals surface area contributed by atoms with Crippen molar-refractivity contribution < 1.29 is 72.3 Å². The molecular formula is C22H16N4O16S4. The van der Waals surface area contributed by atoms with E-state index in [1.165, 1.54) is 0 Å². The Labute approximate surface area is 257 Å². The molecule has 0 aliphatic rings. The van der Waals surface area contributed by atoms with Gasteiger partial charge in [-0.1, -0.05) is 0 Å². The van der Waals surface area contributed by atoms with E-state index in [0.29, 0.717) is 24.3 Å². The van der Waals surface area contributed by atoms with Crippen LogP contribution in [0.1, 0.15) is 0 Å². The van der Waals surface area contributed by atoms with Gasteiger partial charge in [0.05, 0.1) is 15.2 Å². The topological polar surface area (TPSA) is 348 Å². The van der Waals surface area contributed by atoms with E-state index in [9.17, 15) is 63.2 Å². The molecule has 4 aromatic carbocycles. The van der Waals surface area contributed by atoms with Gasteiger partial charge < -0.3 is 20.4 Å². The molecular weight excluding hydrogens is 705 g/mol. The molecule has 8 N–H and O–H groups in total. The Morgan fingerprint density at radius 2 is 0.804 bits per heavy atom. The van der Waals surface area contributed by atoms with Crippen LogP contribution in [0.5, 0.6) is 23.0 Å². The van der Waals surface area contributed by atoms with E-state index in [1.54, 1.807) is 0 Å². The number of phenolic OH excluding ortho intramolecular Hbond substituents is 4. The lowest BCUT2D eigenvalue weighted by Gasteiger charge is -2.13. The molecule has 0 spiro atoms. The highest BCUT2D eigenvalue weighted by molar-refractivity contribution is 7.86. The zero-order valence-corrected chi connectivity index (χ0v) is 25.2. The third-order valence-corrected chi connectivity index (χ3v) is 9.24. The van der Waals surface area contributed by atoms with Crippen LogP contribution in [0.15, 0.2) is 88.6 Å².